The lowest BCUT2D eigenvalue weighted by Gasteiger charge is -2.43. The Morgan fingerprint density at radius 3 is 2.19 bits per heavy atom. The molecule has 13 heteroatoms. The van der Waals surface area contributed by atoms with E-state index in [0.717, 1.165) is 18.3 Å². The lowest BCUT2D eigenvalue weighted by atomic mass is 9.68. The minimum atomic E-state index is -4.40. The molecule has 0 radical (unpaired) electrons. The van der Waals surface area contributed by atoms with Crippen LogP contribution in [0.4, 0.5) is 46.8 Å². The van der Waals surface area contributed by atoms with E-state index >= 15 is 0 Å². The lowest BCUT2D eigenvalue weighted by Crippen LogP contribution is -2.48. The van der Waals surface area contributed by atoms with Crippen LogP contribution in [0.1, 0.15) is 36.8 Å². The molecule has 3 rings (SSSR count). The topological polar surface area (TPSA) is 63.8 Å². The Kier molecular flexibility index (Phi) is 7.71. The standard InChI is InChI=1S/C12H12BrF5N2.C6H5F3N2/c13-8-5-19-9(4-7(8)10(14)15)20-6-11(2-1-3-11)12(16,17)18;7-6(8,9)4-2-1-3-11-5(4)10/h4-5,10H,1-3,6H2,(H,19,20);1-3H,(H2,10,11). The zero-order chi connectivity index (χ0) is 23.4. The minimum absolute atomic E-state index is 0.0269. The molecule has 2 aromatic heterocycles. The average Bonchev–Trinajstić information content (AvgIpc) is 2.60. The number of hydrogen-bond acceptors (Lipinski definition) is 4. The second-order valence-corrected chi connectivity index (χ2v) is 7.67. The predicted octanol–water partition coefficient (Wildman–Crippen LogP) is 6.61. The van der Waals surface area contributed by atoms with E-state index in [1.165, 1.54) is 12.3 Å². The van der Waals surface area contributed by atoms with Gasteiger partial charge in [0.1, 0.15) is 11.6 Å². The van der Waals surface area contributed by atoms with Crippen molar-refractivity contribution < 1.29 is 35.1 Å². The molecule has 0 aromatic carbocycles. The summed E-state index contributed by atoms with van der Waals surface area (Å²) in [5, 5.41) is 2.53. The van der Waals surface area contributed by atoms with Crippen molar-refractivity contribution >= 4 is 27.6 Å². The van der Waals surface area contributed by atoms with Gasteiger partial charge in [-0.05, 0) is 47.0 Å². The van der Waals surface area contributed by atoms with Crippen molar-refractivity contribution in [2.45, 2.75) is 38.0 Å². The Morgan fingerprint density at radius 2 is 1.77 bits per heavy atom. The Balaban J connectivity index is 0.000000262. The molecule has 2 aromatic rings. The molecule has 0 spiro atoms. The van der Waals surface area contributed by atoms with E-state index in [2.05, 4.69) is 31.2 Å². The third-order valence-corrected chi connectivity index (χ3v) is 5.45. The molecule has 0 atom stereocenters. The highest BCUT2D eigenvalue weighted by molar-refractivity contribution is 9.10. The van der Waals surface area contributed by atoms with Gasteiger partial charge in [-0.25, -0.2) is 18.7 Å². The fourth-order valence-corrected chi connectivity index (χ4v) is 3.19. The zero-order valence-corrected chi connectivity index (χ0v) is 17.3. The number of nitrogens with one attached hydrogen (secondary N) is 1. The number of halogens is 9. The highest BCUT2D eigenvalue weighted by atomic mass is 79.9. The fourth-order valence-electron chi connectivity index (χ4n) is 2.80. The summed E-state index contributed by atoms with van der Waals surface area (Å²) in [6.07, 6.45) is -8.40. The van der Waals surface area contributed by atoms with Crippen LogP contribution in [0.5, 0.6) is 0 Å². The number of nitrogens with zero attached hydrogens (tertiary/aromatic N) is 2. The first kappa shape index (κ1) is 25.1. The largest absolute Gasteiger partial charge is 0.419 e. The number of pyridine rings is 2. The van der Waals surface area contributed by atoms with E-state index in [9.17, 15) is 35.1 Å². The number of nitrogen functional groups attached to an aromatic ring is 1. The summed E-state index contributed by atoms with van der Waals surface area (Å²) in [5.74, 6) is -0.459. The second kappa shape index (κ2) is 9.53. The molecule has 1 fully saturated rings. The first-order chi connectivity index (χ1) is 14.3. The molecule has 1 aliphatic rings. The molecular formula is C18H17BrF8N4. The van der Waals surface area contributed by atoms with Crippen LogP contribution in [0.15, 0.2) is 35.1 Å². The highest BCUT2D eigenvalue weighted by Crippen LogP contribution is 2.52. The van der Waals surface area contributed by atoms with Crippen molar-refractivity contribution in [2.24, 2.45) is 5.41 Å². The van der Waals surface area contributed by atoms with E-state index in [1.54, 1.807) is 0 Å². The number of nitrogens with two attached hydrogens (primary N) is 1. The van der Waals surface area contributed by atoms with Crippen LogP contribution in [0.3, 0.4) is 0 Å². The maximum Gasteiger partial charge on any atom is 0.419 e. The normalized spacial score (nSPS) is 15.7. The maximum absolute atomic E-state index is 12.9. The van der Waals surface area contributed by atoms with E-state index in [4.69, 9.17) is 5.73 Å². The molecule has 4 nitrogen and oxygen atoms in total. The van der Waals surface area contributed by atoms with Crippen molar-refractivity contribution in [1.82, 2.24) is 9.97 Å². The highest BCUT2D eigenvalue weighted by Gasteiger charge is 2.57. The van der Waals surface area contributed by atoms with E-state index in [1.807, 2.05) is 0 Å². The fraction of sp³-hybridized carbons (Fsp3) is 0.444. The summed E-state index contributed by atoms with van der Waals surface area (Å²) in [6, 6.07) is 3.15. The van der Waals surface area contributed by atoms with Crippen LogP contribution in [-0.4, -0.2) is 22.7 Å². The van der Waals surface area contributed by atoms with Crippen molar-refractivity contribution in [2.75, 3.05) is 17.6 Å². The van der Waals surface area contributed by atoms with Crippen LogP contribution < -0.4 is 11.1 Å². The van der Waals surface area contributed by atoms with Crippen molar-refractivity contribution in [3.63, 3.8) is 0 Å². The summed E-state index contributed by atoms with van der Waals surface area (Å²) >= 11 is 2.93. The van der Waals surface area contributed by atoms with Gasteiger partial charge in [0, 0.05) is 29.0 Å². The van der Waals surface area contributed by atoms with Gasteiger partial charge in [-0.3, -0.25) is 0 Å². The monoisotopic (exact) mass is 520 g/mol. The summed E-state index contributed by atoms with van der Waals surface area (Å²) < 4.78 is 100. The number of hydrogen-bond donors (Lipinski definition) is 2. The Morgan fingerprint density at radius 1 is 1.13 bits per heavy atom. The summed E-state index contributed by atoms with van der Waals surface area (Å²) in [6.45, 7) is -0.339. The van der Waals surface area contributed by atoms with E-state index < -0.39 is 35.6 Å². The Bertz CT molecular complexity index is 882. The molecule has 31 heavy (non-hydrogen) atoms. The lowest BCUT2D eigenvalue weighted by molar-refractivity contribution is -0.244. The average molecular weight is 521 g/mol. The molecule has 0 saturated heterocycles. The zero-order valence-electron chi connectivity index (χ0n) is 15.7. The molecule has 0 amide bonds. The van der Waals surface area contributed by atoms with Crippen LogP contribution >= 0.6 is 15.9 Å². The number of anilines is 2. The first-order valence-corrected chi connectivity index (χ1v) is 9.58. The molecule has 3 N–H and O–H groups in total. The van der Waals surface area contributed by atoms with Gasteiger partial charge in [-0.15, -0.1) is 0 Å². The van der Waals surface area contributed by atoms with Gasteiger partial charge in [0.15, 0.2) is 0 Å². The molecule has 0 unspecified atom stereocenters. The molecule has 1 saturated carbocycles. The van der Waals surface area contributed by atoms with Crippen LogP contribution in [0.2, 0.25) is 0 Å². The molecule has 0 bridgehead atoms. The molecular weight excluding hydrogens is 504 g/mol. The van der Waals surface area contributed by atoms with Gasteiger partial charge in [0.25, 0.3) is 6.43 Å². The maximum atomic E-state index is 12.9. The van der Waals surface area contributed by atoms with Gasteiger partial charge in [-0.2, -0.15) is 26.3 Å². The summed E-state index contributed by atoms with van der Waals surface area (Å²) in [5.41, 5.74) is 2.04. The minimum Gasteiger partial charge on any atom is -0.383 e. The van der Waals surface area contributed by atoms with Crippen LogP contribution in [0, 0.1) is 5.41 Å². The Hall–Kier alpha value is -2.18. The summed E-state index contributed by atoms with van der Waals surface area (Å²) in [4.78, 5) is 7.11. The number of rotatable bonds is 4. The van der Waals surface area contributed by atoms with Gasteiger partial charge < -0.3 is 11.1 Å². The van der Waals surface area contributed by atoms with Crippen molar-refractivity contribution in [3.05, 3.63) is 46.2 Å². The molecule has 2 heterocycles. The van der Waals surface area contributed by atoms with Gasteiger partial charge in [0.05, 0.1) is 11.0 Å². The third-order valence-electron chi connectivity index (χ3n) is 4.78. The molecule has 0 aliphatic heterocycles. The van der Waals surface area contributed by atoms with E-state index in [-0.39, 0.29) is 35.2 Å². The van der Waals surface area contributed by atoms with Gasteiger partial charge in [-0.1, -0.05) is 6.42 Å². The van der Waals surface area contributed by atoms with Crippen molar-refractivity contribution in [3.8, 4) is 0 Å². The Labute approximate surface area is 180 Å². The molecule has 172 valence electrons. The smallest absolute Gasteiger partial charge is 0.383 e. The van der Waals surface area contributed by atoms with Gasteiger partial charge in [0.2, 0.25) is 0 Å². The first-order valence-electron chi connectivity index (χ1n) is 8.79. The van der Waals surface area contributed by atoms with Crippen molar-refractivity contribution in [1.29, 1.82) is 0 Å². The number of alkyl halides is 8. The number of aromatic nitrogens is 2. The van der Waals surface area contributed by atoms with Crippen LogP contribution in [0.25, 0.3) is 0 Å². The summed E-state index contributed by atoms with van der Waals surface area (Å²) in [7, 11) is 0. The molecule has 1 aliphatic carbocycles. The second-order valence-electron chi connectivity index (χ2n) is 6.81. The van der Waals surface area contributed by atoms with Gasteiger partial charge >= 0.3 is 12.4 Å². The quantitative estimate of drug-likeness (QED) is 0.445. The SMILES string of the molecule is FC(F)c1cc(NCC2(C(F)(F)F)CCC2)ncc1Br.Nc1ncccc1C(F)(F)F. The third kappa shape index (κ3) is 6.17. The van der Waals surface area contributed by atoms with E-state index in [0.29, 0.717) is 6.42 Å². The van der Waals surface area contributed by atoms with Crippen LogP contribution in [-0.2, 0) is 6.18 Å². The predicted molar refractivity (Wildman–Crippen MR) is 101 cm³/mol.